The standard InChI is InChI=1S/C9H6ClN3O/c1-5-2-6(11-4-14)3-7-8(5)9(10)13-12-7/h2-3H,1H3,(H,12,13). The van der Waals surface area contributed by atoms with Crippen LogP contribution in [0.25, 0.3) is 10.9 Å². The number of hydrogen-bond acceptors (Lipinski definition) is 3. The fraction of sp³-hybridized carbons (Fsp3) is 0.111. The van der Waals surface area contributed by atoms with E-state index in [9.17, 15) is 4.79 Å². The number of fused-ring (bicyclic) bond motifs is 1. The van der Waals surface area contributed by atoms with Gasteiger partial charge in [0.15, 0.2) is 0 Å². The van der Waals surface area contributed by atoms with Gasteiger partial charge in [0.25, 0.3) is 0 Å². The molecular formula is C9H6ClN3O. The van der Waals surface area contributed by atoms with E-state index in [4.69, 9.17) is 11.6 Å². The van der Waals surface area contributed by atoms with Crippen LogP contribution in [0, 0.1) is 6.92 Å². The Balaban J connectivity index is 2.80. The average Bonchev–Trinajstić information content (AvgIpc) is 2.48. The summed E-state index contributed by atoms with van der Waals surface area (Å²) in [6.45, 7) is 1.88. The molecule has 0 bridgehead atoms. The van der Waals surface area contributed by atoms with E-state index in [1.807, 2.05) is 6.92 Å². The Morgan fingerprint density at radius 2 is 2.36 bits per heavy atom. The number of aliphatic imine (C=N–C) groups is 1. The summed E-state index contributed by atoms with van der Waals surface area (Å²) in [5, 5.41) is 7.99. The summed E-state index contributed by atoms with van der Waals surface area (Å²) in [6.07, 6.45) is 1.49. The van der Waals surface area contributed by atoms with Gasteiger partial charge in [0, 0.05) is 5.39 Å². The lowest BCUT2D eigenvalue weighted by Gasteiger charge is -1.96. The van der Waals surface area contributed by atoms with Crippen LogP contribution in [-0.2, 0) is 4.79 Å². The number of benzene rings is 1. The lowest BCUT2D eigenvalue weighted by molar-refractivity contribution is 0.565. The summed E-state index contributed by atoms with van der Waals surface area (Å²) in [7, 11) is 0. The minimum absolute atomic E-state index is 0.499. The molecule has 0 atom stereocenters. The van der Waals surface area contributed by atoms with Crippen molar-refractivity contribution in [1.29, 1.82) is 0 Å². The Labute approximate surface area is 84.6 Å². The maximum Gasteiger partial charge on any atom is 0.240 e. The monoisotopic (exact) mass is 207 g/mol. The normalized spacial score (nSPS) is 10.1. The molecule has 0 amide bonds. The van der Waals surface area contributed by atoms with Gasteiger partial charge >= 0.3 is 0 Å². The molecule has 1 aromatic carbocycles. The average molecular weight is 208 g/mol. The highest BCUT2D eigenvalue weighted by atomic mass is 35.5. The maximum absolute atomic E-state index is 10.1. The van der Waals surface area contributed by atoms with Gasteiger partial charge in [0.2, 0.25) is 6.08 Å². The summed E-state index contributed by atoms with van der Waals surface area (Å²) in [5.41, 5.74) is 2.16. The molecule has 14 heavy (non-hydrogen) atoms. The Hall–Kier alpha value is -1.64. The number of isocyanates is 1. The highest BCUT2D eigenvalue weighted by Crippen LogP contribution is 2.28. The van der Waals surface area contributed by atoms with Crippen molar-refractivity contribution < 1.29 is 4.79 Å². The molecule has 0 unspecified atom stereocenters. The van der Waals surface area contributed by atoms with Gasteiger partial charge in [-0.1, -0.05) is 11.6 Å². The molecule has 2 rings (SSSR count). The second kappa shape index (κ2) is 3.25. The quantitative estimate of drug-likeness (QED) is 0.577. The minimum Gasteiger partial charge on any atom is -0.266 e. The molecule has 0 spiro atoms. The lowest BCUT2D eigenvalue weighted by Crippen LogP contribution is -1.75. The van der Waals surface area contributed by atoms with E-state index >= 15 is 0 Å². The number of halogens is 1. The van der Waals surface area contributed by atoms with Crippen LogP contribution < -0.4 is 0 Å². The molecule has 0 aliphatic rings. The Kier molecular flexibility index (Phi) is 2.08. The van der Waals surface area contributed by atoms with E-state index in [1.165, 1.54) is 6.08 Å². The van der Waals surface area contributed by atoms with Crippen molar-refractivity contribution in [2.45, 2.75) is 6.92 Å². The van der Waals surface area contributed by atoms with Crippen molar-refractivity contribution in [3.8, 4) is 0 Å². The van der Waals surface area contributed by atoms with Crippen LogP contribution >= 0.6 is 11.6 Å². The van der Waals surface area contributed by atoms with Crippen molar-refractivity contribution in [3.63, 3.8) is 0 Å². The van der Waals surface area contributed by atoms with Crippen molar-refractivity contribution in [2.75, 3.05) is 0 Å². The molecule has 4 nitrogen and oxygen atoms in total. The van der Waals surface area contributed by atoms with Gasteiger partial charge in [-0.25, -0.2) is 4.79 Å². The highest BCUT2D eigenvalue weighted by Gasteiger charge is 2.07. The van der Waals surface area contributed by atoms with Gasteiger partial charge in [-0.15, -0.1) is 0 Å². The van der Waals surface area contributed by atoms with Crippen LogP contribution in [0.3, 0.4) is 0 Å². The second-order valence-corrected chi connectivity index (χ2v) is 3.28. The van der Waals surface area contributed by atoms with Crippen molar-refractivity contribution in [3.05, 3.63) is 22.8 Å². The van der Waals surface area contributed by atoms with E-state index in [1.54, 1.807) is 12.1 Å². The number of aryl methyl sites for hydroxylation is 1. The lowest BCUT2D eigenvalue weighted by atomic mass is 10.1. The van der Waals surface area contributed by atoms with Crippen LogP contribution in [0.5, 0.6) is 0 Å². The molecule has 0 saturated heterocycles. The van der Waals surface area contributed by atoms with Crippen molar-refractivity contribution >= 4 is 34.3 Å². The number of rotatable bonds is 1. The first-order chi connectivity index (χ1) is 6.72. The molecule has 0 aliphatic heterocycles. The second-order valence-electron chi connectivity index (χ2n) is 2.90. The van der Waals surface area contributed by atoms with Crippen LogP contribution in [0.4, 0.5) is 5.69 Å². The first-order valence-corrected chi connectivity index (χ1v) is 4.32. The molecule has 0 radical (unpaired) electrons. The summed E-state index contributed by atoms with van der Waals surface area (Å²) < 4.78 is 0. The fourth-order valence-corrected chi connectivity index (χ4v) is 1.69. The molecular weight excluding hydrogens is 202 g/mol. The minimum atomic E-state index is 0.499. The van der Waals surface area contributed by atoms with Crippen LogP contribution in [0.2, 0.25) is 5.15 Å². The number of H-pyrrole nitrogens is 1. The number of hydrogen-bond donors (Lipinski definition) is 1. The molecule has 1 aromatic heterocycles. The number of aromatic nitrogens is 2. The number of nitrogens with zero attached hydrogens (tertiary/aromatic N) is 2. The first kappa shape index (κ1) is 8.94. The third-order valence-electron chi connectivity index (χ3n) is 1.97. The van der Waals surface area contributed by atoms with Gasteiger partial charge in [-0.05, 0) is 24.6 Å². The van der Waals surface area contributed by atoms with Gasteiger partial charge < -0.3 is 0 Å². The zero-order chi connectivity index (χ0) is 10.1. The zero-order valence-electron chi connectivity index (χ0n) is 7.34. The van der Waals surface area contributed by atoms with Crippen LogP contribution in [-0.4, -0.2) is 16.3 Å². The Bertz CT molecular complexity index is 540. The molecule has 5 heteroatoms. The van der Waals surface area contributed by atoms with E-state index in [2.05, 4.69) is 15.2 Å². The van der Waals surface area contributed by atoms with Gasteiger partial charge in [0.05, 0.1) is 11.2 Å². The molecule has 0 aliphatic carbocycles. The first-order valence-electron chi connectivity index (χ1n) is 3.94. The molecule has 70 valence electrons. The number of aromatic amines is 1. The number of carbonyl (C=O) groups excluding carboxylic acids is 1. The van der Waals surface area contributed by atoms with Crippen molar-refractivity contribution in [2.24, 2.45) is 4.99 Å². The smallest absolute Gasteiger partial charge is 0.240 e. The molecule has 1 N–H and O–H groups in total. The highest BCUT2D eigenvalue weighted by molar-refractivity contribution is 6.34. The third-order valence-corrected chi connectivity index (χ3v) is 2.24. The predicted octanol–water partition coefficient (Wildman–Crippen LogP) is 2.49. The van der Waals surface area contributed by atoms with Gasteiger partial charge in [-0.3, -0.25) is 5.10 Å². The SMILES string of the molecule is Cc1cc(N=C=O)cc2n[nH]c(Cl)c12. The van der Waals surface area contributed by atoms with Crippen LogP contribution in [0.15, 0.2) is 17.1 Å². The zero-order valence-corrected chi connectivity index (χ0v) is 8.09. The van der Waals surface area contributed by atoms with Gasteiger partial charge in [0.1, 0.15) is 5.15 Å². The van der Waals surface area contributed by atoms with Crippen LogP contribution in [0.1, 0.15) is 5.56 Å². The Morgan fingerprint density at radius 1 is 1.57 bits per heavy atom. The fourth-order valence-electron chi connectivity index (χ4n) is 1.41. The van der Waals surface area contributed by atoms with Gasteiger partial charge in [-0.2, -0.15) is 10.1 Å². The summed E-state index contributed by atoms with van der Waals surface area (Å²) in [5.74, 6) is 0. The molecule has 1 heterocycles. The van der Waals surface area contributed by atoms with E-state index in [-0.39, 0.29) is 0 Å². The Morgan fingerprint density at radius 3 is 3.07 bits per heavy atom. The van der Waals surface area contributed by atoms with E-state index in [0.29, 0.717) is 16.4 Å². The summed E-state index contributed by atoms with van der Waals surface area (Å²) in [6, 6.07) is 3.43. The van der Waals surface area contributed by atoms with Crippen molar-refractivity contribution in [1.82, 2.24) is 10.2 Å². The molecule has 2 aromatic rings. The topological polar surface area (TPSA) is 58.1 Å². The summed E-state index contributed by atoms with van der Waals surface area (Å²) in [4.78, 5) is 13.6. The third kappa shape index (κ3) is 1.31. The number of nitrogens with one attached hydrogen (secondary N) is 1. The van der Waals surface area contributed by atoms with E-state index in [0.717, 1.165) is 10.9 Å². The maximum atomic E-state index is 10.1. The largest absolute Gasteiger partial charge is 0.266 e. The molecule has 0 saturated carbocycles. The predicted molar refractivity (Wildman–Crippen MR) is 53.6 cm³/mol. The summed E-state index contributed by atoms with van der Waals surface area (Å²) >= 11 is 5.88. The van der Waals surface area contributed by atoms with E-state index < -0.39 is 0 Å². The molecule has 0 fully saturated rings.